The van der Waals surface area contributed by atoms with Crippen LogP contribution in [-0.4, -0.2) is 21.0 Å². The minimum atomic E-state index is -0.685. The fourth-order valence-electron chi connectivity index (χ4n) is 4.82. The Kier molecular flexibility index (Phi) is 14.3. The van der Waals surface area contributed by atoms with Crippen LogP contribution in [0.25, 0.3) is 11.4 Å². The molecule has 2 rings (SSSR count). The Morgan fingerprint density at radius 1 is 0.771 bits per heavy atom. The minimum Gasteiger partial charge on any atom is -0.481 e. The van der Waals surface area contributed by atoms with Gasteiger partial charge >= 0.3 is 5.97 Å². The van der Waals surface area contributed by atoms with Crippen LogP contribution in [0.5, 0.6) is 0 Å². The van der Waals surface area contributed by atoms with E-state index in [1.165, 1.54) is 76.2 Å². The molecule has 1 aromatic carbocycles. The number of carboxylic acids is 1. The summed E-state index contributed by atoms with van der Waals surface area (Å²) >= 11 is 0. The van der Waals surface area contributed by atoms with E-state index in [1.54, 1.807) is 0 Å². The Balaban J connectivity index is 1.84. The molecule has 194 valence electrons. The lowest BCUT2D eigenvalue weighted by Gasteiger charge is -2.21. The molecule has 0 aliphatic rings. The molecule has 1 aromatic heterocycles. The fourth-order valence-corrected chi connectivity index (χ4v) is 4.82. The fraction of sp³-hybridized carbons (Fsp3) is 0.645. The molecular formula is C31H48N2O2. The van der Waals surface area contributed by atoms with E-state index in [-0.39, 0.29) is 11.8 Å². The third kappa shape index (κ3) is 10.9. The van der Waals surface area contributed by atoms with Gasteiger partial charge in [-0.3, -0.25) is 4.79 Å². The molecule has 0 spiro atoms. The van der Waals surface area contributed by atoms with Gasteiger partial charge < -0.3 is 5.11 Å². The standard InChI is InChI=1S/C31H48N2O2/c1-4-6-8-10-12-13-15-17-26-23-32-30(33-24-26)28-21-19-27(20-22-28)25(3)29(31(34)35)18-16-14-11-9-7-5-2/h19-25,29H,4-18H2,1-3H3,(H,34,35). The molecule has 4 heteroatoms. The quantitative estimate of drug-likeness (QED) is 0.204. The molecule has 0 aliphatic carbocycles. The first-order chi connectivity index (χ1) is 17.1. The predicted octanol–water partition coefficient (Wildman–Crippen LogP) is 8.99. The molecule has 0 saturated carbocycles. The molecule has 0 saturated heterocycles. The smallest absolute Gasteiger partial charge is 0.307 e. The molecule has 0 bridgehead atoms. The maximum Gasteiger partial charge on any atom is 0.307 e. The van der Waals surface area contributed by atoms with E-state index in [0.717, 1.165) is 42.6 Å². The van der Waals surface area contributed by atoms with Crippen LogP contribution in [0.4, 0.5) is 0 Å². The van der Waals surface area contributed by atoms with Gasteiger partial charge in [0.15, 0.2) is 5.82 Å². The zero-order valence-corrected chi connectivity index (χ0v) is 22.5. The third-order valence-corrected chi connectivity index (χ3v) is 7.26. The summed E-state index contributed by atoms with van der Waals surface area (Å²) in [4.78, 5) is 21.1. The Morgan fingerprint density at radius 2 is 1.29 bits per heavy atom. The lowest BCUT2D eigenvalue weighted by Crippen LogP contribution is -2.20. The Labute approximate surface area is 214 Å². The van der Waals surface area contributed by atoms with Crippen LogP contribution in [0.2, 0.25) is 0 Å². The molecule has 35 heavy (non-hydrogen) atoms. The van der Waals surface area contributed by atoms with Crippen LogP contribution in [-0.2, 0) is 11.2 Å². The van der Waals surface area contributed by atoms with Gasteiger partial charge in [0.1, 0.15) is 0 Å². The van der Waals surface area contributed by atoms with Gasteiger partial charge in [-0.05, 0) is 36.3 Å². The predicted molar refractivity (Wildman–Crippen MR) is 147 cm³/mol. The largest absolute Gasteiger partial charge is 0.481 e. The number of rotatable bonds is 19. The van der Waals surface area contributed by atoms with Gasteiger partial charge in [-0.2, -0.15) is 0 Å². The molecule has 4 nitrogen and oxygen atoms in total. The molecule has 1 heterocycles. The Bertz CT molecular complexity index is 817. The monoisotopic (exact) mass is 480 g/mol. The van der Waals surface area contributed by atoms with E-state index in [0.29, 0.717) is 0 Å². The van der Waals surface area contributed by atoms with Crippen LogP contribution in [0.3, 0.4) is 0 Å². The zero-order chi connectivity index (χ0) is 25.3. The zero-order valence-electron chi connectivity index (χ0n) is 22.5. The van der Waals surface area contributed by atoms with Crippen LogP contribution >= 0.6 is 0 Å². The molecule has 2 aromatic rings. The van der Waals surface area contributed by atoms with Crippen molar-refractivity contribution in [3.63, 3.8) is 0 Å². The number of carboxylic acid groups (broad SMARTS) is 1. The number of aromatic nitrogens is 2. The van der Waals surface area contributed by atoms with Crippen molar-refractivity contribution in [2.45, 2.75) is 123 Å². The molecular weight excluding hydrogens is 432 g/mol. The summed E-state index contributed by atoms with van der Waals surface area (Å²) in [7, 11) is 0. The molecule has 0 amide bonds. The van der Waals surface area contributed by atoms with Gasteiger partial charge in [0.25, 0.3) is 0 Å². The van der Waals surface area contributed by atoms with E-state index in [2.05, 4.69) is 23.8 Å². The van der Waals surface area contributed by atoms with E-state index in [9.17, 15) is 9.90 Å². The average Bonchev–Trinajstić information content (AvgIpc) is 2.87. The van der Waals surface area contributed by atoms with Crippen molar-refractivity contribution in [1.82, 2.24) is 9.97 Å². The van der Waals surface area contributed by atoms with Crippen LogP contribution in [0, 0.1) is 5.92 Å². The Hall–Kier alpha value is -2.23. The van der Waals surface area contributed by atoms with Crippen molar-refractivity contribution < 1.29 is 9.90 Å². The van der Waals surface area contributed by atoms with Crippen LogP contribution < -0.4 is 0 Å². The summed E-state index contributed by atoms with van der Waals surface area (Å²) in [5.41, 5.74) is 3.25. The van der Waals surface area contributed by atoms with Crippen molar-refractivity contribution >= 4 is 5.97 Å². The number of unbranched alkanes of at least 4 members (excludes halogenated alkanes) is 11. The third-order valence-electron chi connectivity index (χ3n) is 7.26. The van der Waals surface area contributed by atoms with E-state index < -0.39 is 5.97 Å². The van der Waals surface area contributed by atoms with Crippen molar-refractivity contribution in [1.29, 1.82) is 0 Å². The van der Waals surface area contributed by atoms with Crippen molar-refractivity contribution in [3.05, 3.63) is 47.8 Å². The Morgan fingerprint density at radius 3 is 1.83 bits per heavy atom. The topological polar surface area (TPSA) is 63.1 Å². The van der Waals surface area contributed by atoms with Gasteiger partial charge in [-0.15, -0.1) is 0 Å². The van der Waals surface area contributed by atoms with E-state index in [1.807, 2.05) is 43.6 Å². The molecule has 0 aliphatic heterocycles. The lowest BCUT2D eigenvalue weighted by atomic mass is 9.83. The summed E-state index contributed by atoms with van der Waals surface area (Å²) < 4.78 is 0. The number of hydrogen-bond acceptors (Lipinski definition) is 3. The highest BCUT2D eigenvalue weighted by atomic mass is 16.4. The summed E-state index contributed by atoms with van der Waals surface area (Å²) in [6, 6.07) is 8.15. The minimum absolute atomic E-state index is 0.0116. The first kappa shape index (κ1) is 29.0. The van der Waals surface area contributed by atoms with Crippen molar-refractivity contribution in [2.24, 2.45) is 5.92 Å². The highest BCUT2D eigenvalue weighted by Gasteiger charge is 2.25. The number of hydrogen-bond donors (Lipinski definition) is 1. The number of benzene rings is 1. The maximum atomic E-state index is 11.9. The van der Waals surface area contributed by atoms with Crippen molar-refractivity contribution in [2.75, 3.05) is 0 Å². The van der Waals surface area contributed by atoms with E-state index >= 15 is 0 Å². The first-order valence-corrected chi connectivity index (χ1v) is 14.2. The van der Waals surface area contributed by atoms with Gasteiger partial charge in [-0.1, -0.05) is 122 Å². The summed E-state index contributed by atoms with van der Waals surface area (Å²) in [6.07, 6.45) is 22.0. The number of aliphatic carboxylic acids is 1. The molecule has 0 fully saturated rings. The first-order valence-electron chi connectivity index (χ1n) is 14.2. The van der Waals surface area contributed by atoms with Gasteiger partial charge in [0.2, 0.25) is 0 Å². The second kappa shape index (κ2) is 17.2. The summed E-state index contributed by atoms with van der Waals surface area (Å²) in [5, 5.41) is 9.81. The highest BCUT2D eigenvalue weighted by Crippen LogP contribution is 2.30. The number of aryl methyl sites for hydroxylation is 1. The number of carbonyl (C=O) groups is 1. The van der Waals surface area contributed by atoms with Crippen LogP contribution in [0.15, 0.2) is 36.7 Å². The maximum absolute atomic E-state index is 11.9. The normalized spacial score (nSPS) is 13.0. The molecule has 1 N–H and O–H groups in total. The average molecular weight is 481 g/mol. The second-order valence-electron chi connectivity index (χ2n) is 10.2. The molecule has 2 unspecified atom stereocenters. The van der Waals surface area contributed by atoms with Gasteiger partial charge in [0.05, 0.1) is 5.92 Å². The van der Waals surface area contributed by atoms with Crippen molar-refractivity contribution in [3.8, 4) is 11.4 Å². The molecule has 2 atom stereocenters. The second-order valence-corrected chi connectivity index (χ2v) is 10.2. The van der Waals surface area contributed by atoms with Gasteiger partial charge in [0, 0.05) is 18.0 Å². The molecule has 0 radical (unpaired) electrons. The van der Waals surface area contributed by atoms with E-state index in [4.69, 9.17) is 0 Å². The van der Waals surface area contributed by atoms with Gasteiger partial charge in [-0.25, -0.2) is 9.97 Å². The van der Waals surface area contributed by atoms with Crippen LogP contribution in [0.1, 0.15) is 128 Å². The SMILES string of the molecule is CCCCCCCCCc1cnc(-c2ccc(C(C)C(CCCCCCCC)C(=O)O)cc2)nc1. The summed E-state index contributed by atoms with van der Waals surface area (Å²) in [5.74, 6) is -0.305. The highest BCUT2D eigenvalue weighted by molar-refractivity contribution is 5.71. The number of nitrogens with zero attached hydrogens (tertiary/aromatic N) is 2. The summed E-state index contributed by atoms with van der Waals surface area (Å²) in [6.45, 7) is 6.51. The lowest BCUT2D eigenvalue weighted by molar-refractivity contribution is -0.142.